The van der Waals surface area contributed by atoms with Crippen LogP contribution >= 0.6 is 0 Å². The van der Waals surface area contributed by atoms with E-state index in [9.17, 15) is 9.90 Å². The van der Waals surface area contributed by atoms with E-state index in [1.54, 1.807) is 19.1 Å². The summed E-state index contributed by atoms with van der Waals surface area (Å²) in [7, 11) is 0. The quantitative estimate of drug-likeness (QED) is 0.573. The first-order valence-electron chi connectivity index (χ1n) is 6.41. The summed E-state index contributed by atoms with van der Waals surface area (Å²) in [6.07, 6.45) is 1.53. The molecule has 21 heavy (non-hydrogen) atoms. The predicted molar refractivity (Wildman–Crippen MR) is 80.1 cm³/mol. The minimum Gasteiger partial charge on any atom is -0.504 e. The van der Waals surface area contributed by atoms with Gasteiger partial charge in [-0.15, -0.1) is 0 Å². The van der Waals surface area contributed by atoms with E-state index in [4.69, 9.17) is 4.74 Å². The molecule has 0 aliphatic heterocycles. The highest BCUT2D eigenvalue weighted by Crippen LogP contribution is 2.26. The first-order valence-corrected chi connectivity index (χ1v) is 6.41. The van der Waals surface area contributed by atoms with Gasteiger partial charge in [-0.05, 0) is 37.6 Å². The number of nitrogens with zero attached hydrogens (tertiary/aromatic N) is 2. The lowest BCUT2D eigenvalue weighted by atomic mass is 10.2. The van der Waals surface area contributed by atoms with Gasteiger partial charge < -0.3 is 9.84 Å². The zero-order valence-corrected chi connectivity index (χ0v) is 11.8. The number of aromatic nitrogens is 2. The zero-order chi connectivity index (χ0) is 15.2. The maximum Gasteiger partial charge on any atom is 0.252 e. The van der Waals surface area contributed by atoms with Gasteiger partial charge in [0, 0.05) is 11.8 Å². The Bertz CT molecular complexity index is 710. The lowest BCUT2D eigenvalue weighted by Gasteiger charge is -2.06. The molecule has 3 N–H and O–H groups in total. The number of aromatic amines is 1. The molecular weight excluding hydrogens is 272 g/mol. The van der Waals surface area contributed by atoms with Gasteiger partial charge in [-0.1, -0.05) is 0 Å². The molecule has 0 saturated heterocycles. The second kappa shape index (κ2) is 6.56. The van der Waals surface area contributed by atoms with Crippen molar-refractivity contribution in [3.63, 3.8) is 0 Å². The van der Waals surface area contributed by atoms with Gasteiger partial charge >= 0.3 is 0 Å². The van der Waals surface area contributed by atoms with Crippen molar-refractivity contribution in [3.8, 4) is 11.5 Å². The van der Waals surface area contributed by atoms with Gasteiger partial charge in [0.25, 0.3) is 5.56 Å². The predicted octanol–water partition coefficient (Wildman–Crippen LogP) is 1.63. The number of aryl methyl sites for hydroxylation is 1. The Hall–Kier alpha value is -2.83. The number of ether oxygens (including phenoxy) is 1. The topological polar surface area (TPSA) is 99.6 Å². The van der Waals surface area contributed by atoms with Crippen LogP contribution in [0.3, 0.4) is 0 Å². The van der Waals surface area contributed by atoms with Crippen LogP contribution in [-0.2, 0) is 0 Å². The lowest BCUT2D eigenvalue weighted by Crippen LogP contribution is -2.10. The molecule has 110 valence electrons. The van der Waals surface area contributed by atoms with E-state index < -0.39 is 0 Å². The molecule has 1 aromatic heterocycles. The van der Waals surface area contributed by atoms with Crippen molar-refractivity contribution in [1.82, 2.24) is 9.97 Å². The monoisotopic (exact) mass is 288 g/mol. The SMILES string of the molecule is CCOc1cc(/C=N/Nc2nc(C)cc(=O)[nH]2)ccc1O. The highest BCUT2D eigenvalue weighted by molar-refractivity contribution is 5.81. The smallest absolute Gasteiger partial charge is 0.252 e. The Kier molecular flexibility index (Phi) is 4.55. The van der Waals surface area contributed by atoms with E-state index in [-0.39, 0.29) is 17.3 Å². The zero-order valence-electron chi connectivity index (χ0n) is 11.8. The fraction of sp³-hybridized carbons (Fsp3) is 0.214. The molecule has 0 spiro atoms. The van der Waals surface area contributed by atoms with Crippen LogP contribution in [0.15, 0.2) is 34.2 Å². The summed E-state index contributed by atoms with van der Waals surface area (Å²) < 4.78 is 5.28. The first-order chi connectivity index (χ1) is 10.1. The van der Waals surface area contributed by atoms with Crippen molar-refractivity contribution in [3.05, 3.63) is 45.9 Å². The van der Waals surface area contributed by atoms with E-state index in [0.29, 0.717) is 18.1 Å². The van der Waals surface area contributed by atoms with Crippen LogP contribution in [0.2, 0.25) is 0 Å². The molecule has 7 nitrogen and oxygen atoms in total. The van der Waals surface area contributed by atoms with Crippen molar-refractivity contribution in [2.75, 3.05) is 12.0 Å². The van der Waals surface area contributed by atoms with Gasteiger partial charge in [0.1, 0.15) is 0 Å². The average Bonchev–Trinajstić information content (AvgIpc) is 2.41. The Morgan fingerprint density at radius 1 is 1.48 bits per heavy atom. The Balaban J connectivity index is 2.10. The fourth-order valence-corrected chi connectivity index (χ4v) is 1.68. The summed E-state index contributed by atoms with van der Waals surface area (Å²) in [6, 6.07) is 6.27. The van der Waals surface area contributed by atoms with Gasteiger partial charge in [0.2, 0.25) is 5.95 Å². The summed E-state index contributed by atoms with van der Waals surface area (Å²) in [6.45, 7) is 4.01. The molecule has 0 bridgehead atoms. The first kappa shape index (κ1) is 14.6. The van der Waals surface area contributed by atoms with Crippen molar-refractivity contribution in [2.24, 2.45) is 5.10 Å². The van der Waals surface area contributed by atoms with Gasteiger partial charge in [-0.25, -0.2) is 10.4 Å². The number of rotatable bonds is 5. The third kappa shape index (κ3) is 4.07. The van der Waals surface area contributed by atoms with E-state index in [1.807, 2.05) is 6.92 Å². The fourth-order valence-electron chi connectivity index (χ4n) is 1.68. The standard InChI is InChI=1S/C14H16N4O3/c1-3-21-12-7-10(4-5-11(12)19)8-15-18-14-16-9(2)6-13(20)17-14/h4-8,19H,3H2,1-2H3,(H2,16,17,18,20)/b15-8+. The maximum atomic E-state index is 11.3. The van der Waals surface area contributed by atoms with Crippen molar-refractivity contribution >= 4 is 12.2 Å². The number of phenolic OH excluding ortho intramolecular Hbond substituents is 1. The maximum absolute atomic E-state index is 11.3. The number of benzene rings is 1. The van der Waals surface area contributed by atoms with Gasteiger partial charge in [-0.2, -0.15) is 5.10 Å². The van der Waals surface area contributed by atoms with E-state index in [2.05, 4.69) is 20.5 Å². The number of nitrogens with one attached hydrogen (secondary N) is 2. The second-order valence-corrected chi connectivity index (χ2v) is 4.27. The summed E-state index contributed by atoms with van der Waals surface area (Å²) in [5, 5.41) is 13.6. The number of hydrazone groups is 1. The van der Waals surface area contributed by atoms with E-state index in [0.717, 1.165) is 5.56 Å². The number of hydrogen-bond acceptors (Lipinski definition) is 6. The molecule has 1 aromatic carbocycles. The molecule has 2 aromatic rings. The second-order valence-electron chi connectivity index (χ2n) is 4.27. The Morgan fingerprint density at radius 3 is 3.00 bits per heavy atom. The van der Waals surface area contributed by atoms with E-state index >= 15 is 0 Å². The molecule has 1 heterocycles. The van der Waals surface area contributed by atoms with Crippen LogP contribution in [0.1, 0.15) is 18.2 Å². The summed E-state index contributed by atoms with van der Waals surface area (Å²) in [5.74, 6) is 0.732. The number of aromatic hydroxyl groups is 1. The van der Waals surface area contributed by atoms with E-state index in [1.165, 1.54) is 18.3 Å². The molecule has 0 aliphatic carbocycles. The third-order valence-corrected chi connectivity index (χ3v) is 2.54. The summed E-state index contributed by atoms with van der Waals surface area (Å²) >= 11 is 0. The van der Waals surface area contributed by atoms with Crippen LogP contribution in [0.25, 0.3) is 0 Å². The van der Waals surface area contributed by atoms with Crippen LogP contribution < -0.4 is 15.7 Å². The average molecular weight is 288 g/mol. The molecule has 0 amide bonds. The lowest BCUT2D eigenvalue weighted by molar-refractivity contribution is 0.318. The highest BCUT2D eigenvalue weighted by atomic mass is 16.5. The molecule has 0 unspecified atom stereocenters. The minimum absolute atomic E-state index is 0.0756. The number of phenols is 1. The molecule has 2 rings (SSSR count). The van der Waals surface area contributed by atoms with Crippen molar-refractivity contribution < 1.29 is 9.84 Å². The van der Waals surface area contributed by atoms with Crippen LogP contribution in [0.5, 0.6) is 11.5 Å². The molecule has 0 radical (unpaired) electrons. The van der Waals surface area contributed by atoms with Crippen molar-refractivity contribution in [2.45, 2.75) is 13.8 Å². The molecule has 7 heteroatoms. The number of anilines is 1. The largest absolute Gasteiger partial charge is 0.504 e. The van der Waals surface area contributed by atoms with Gasteiger partial charge in [0.15, 0.2) is 11.5 Å². The normalized spacial score (nSPS) is 10.8. The number of hydrogen-bond donors (Lipinski definition) is 3. The highest BCUT2D eigenvalue weighted by Gasteiger charge is 2.02. The molecular formula is C14H16N4O3. The van der Waals surface area contributed by atoms with Crippen LogP contribution in [-0.4, -0.2) is 27.9 Å². The van der Waals surface area contributed by atoms with Crippen molar-refractivity contribution in [1.29, 1.82) is 0 Å². The Labute approximate surface area is 121 Å². The summed E-state index contributed by atoms with van der Waals surface area (Å²) in [4.78, 5) is 17.9. The minimum atomic E-state index is -0.247. The Morgan fingerprint density at radius 2 is 2.29 bits per heavy atom. The van der Waals surface area contributed by atoms with Gasteiger partial charge in [0.05, 0.1) is 12.8 Å². The molecule has 0 aliphatic rings. The number of H-pyrrole nitrogens is 1. The molecule has 0 fully saturated rings. The van der Waals surface area contributed by atoms with Crippen LogP contribution in [0, 0.1) is 6.92 Å². The third-order valence-electron chi connectivity index (χ3n) is 2.54. The molecule has 0 saturated carbocycles. The molecule has 0 atom stereocenters. The van der Waals surface area contributed by atoms with Gasteiger partial charge in [-0.3, -0.25) is 9.78 Å². The van der Waals surface area contributed by atoms with Crippen LogP contribution in [0.4, 0.5) is 5.95 Å². The summed E-state index contributed by atoms with van der Waals surface area (Å²) in [5.41, 5.74) is 3.73.